The molecule has 0 unspecified atom stereocenters. The summed E-state index contributed by atoms with van der Waals surface area (Å²) in [5, 5.41) is 8.88. The number of carbonyl (C=O) groups excluding carboxylic acids is 3. The van der Waals surface area contributed by atoms with Gasteiger partial charge in [-0.2, -0.15) is 0 Å². The molecular weight excluding hydrogens is 362 g/mol. The van der Waals surface area contributed by atoms with E-state index in [0.29, 0.717) is 32.4 Å². The number of nitrogens with one attached hydrogen (secondary N) is 1. The number of nitrogens with zero attached hydrogens (tertiary/aromatic N) is 2. The second-order valence-electron chi connectivity index (χ2n) is 8.48. The van der Waals surface area contributed by atoms with E-state index in [1.54, 1.807) is 26.3 Å². The number of esters is 1. The van der Waals surface area contributed by atoms with E-state index in [9.17, 15) is 14.4 Å². The molecule has 1 heterocycles. The maximum absolute atomic E-state index is 13.1. The summed E-state index contributed by atoms with van der Waals surface area (Å²) in [5.41, 5.74) is 2.25. The third-order valence-corrected chi connectivity index (χ3v) is 4.99. The van der Waals surface area contributed by atoms with Gasteiger partial charge < -0.3 is 14.5 Å². The van der Waals surface area contributed by atoms with Crippen LogP contribution in [0, 0.1) is 0 Å². The predicted octanol–water partition coefficient (Wildman–Crippen LogP) is 2.61. The van der Waals surface area contributed by atoms with E-state index in [-0.39, 0.29) is 12.6 Å². The fraction of sp³-hybridized carbons (Fsp3) is 0.750. The van der Waals surface area contributed by atoms with Crippen molar-refractivity contribution in [1.29, 1.82) is 0 Å². The molecule has 0 saturated carbocycles. The van der Waals surface area contributed by atoms with Crippen LogP contribution in [0.2, 0.25) is 0 Å². The first kappa shape index (κ1) is 22.2. The van der Waals surface area contributed by atoms with Crippen LogP contribution in [0.15, 0.2) is 11.6 Å². The van der Waals surface area contributed by atoms with Crippen molar-refractivity contribution in [3.8, 4) is 0 Å². The van der Waals surface area contributed by atoms with Crippen LogP contribution in [-0.2, 0) is 14.3 Å². The lowest BCUT2D eigenvalue weighted by Gasteiger charge is -2.32. The molecule has 28 heavy (non-hydrogen) atoms. The van der Waals surface area contributed by atoms with Crippen LogP contribution in [0.1, 0.15) is 65.7 Å². The summed E-state index contributed by atoms with van der Waals surface area (Å²) < 4.78 is 5.46. The van der Waals surface area contributed by atoms with Gasteiger partial charge in [-0.25, -0.2) is 15.1 Å². The molecule has 1 fully saturated rings. The third kappa shape index (κ3) is 6.51. The summed E-state index contributed by atoms with van der Waals surface area (Å²) in [4.78, 5) is 40.2. The molecule has 1 atom stereocenters. The van der Waals surface area contributed by atoms with Gasteiger partial charge in [-0.1, -0.05) is 11.6 Å². The van der Waals surface area contributed by atoms with Crippen LogP contribution in [0.3, 0.4) is 0 Å². The van der Waals surface area contributed by atoms with Gasteiger partial charge in [0.2, 0.25) is 0 Å². The van der Waals surface area contributed by atoms with Crippen LogP contribution in [0.25, 0.3) is 0 Å². The van der Waals surface area contributed by atoms with Crippen molar-refractivity contribution in [2.45, 2.75) is 77.4 Å². The van der Waals surface area contributed by atoms with Crippen LogP contribution < -0.4 is 5.48 Å². The minimum absolute atomic E-state index is 0.250. The average molecular weight is 396 g/mol. The van der Waals surface area contributed by atoms with Crippen molar-refractivity contribution < 1.29 is 24.3 Å². The van der Waals surface area contributed by atoms with Gasteiger partial charge in [0.1, 0.15) is 18.2 Å². The molecule has 2 aliphatic rings. The zero-order valence-electron chi connectivity index (χ0n) is 17.2. The van der Waals surface area contributed by atoms with Crippen LogP contribution in [-0.4, -0.2) is 64.2 Å². The first-order valence-corrected chi connectivity index (χ1v) is 10.1. The van der Waals surface area contributed by atoms with E-state index >= 15 is 0 Å². The molecule has 0 bridgehead atoms. The Morgan fingerprint density at radius 3 is 2.64 bits per heavy atom. The van der Waals surface area contributed by atoms with Crippen LogP contribution in [0.4, 0.5) is 4.79 Å². The molecule has 3 amide bonds. The number of urea groups is 1. The fourth-order valence-corrected chi connectivity index (χ4v) is 3.65. The third-order valence-electron chi connectivity index (χ3n) is 4.99. The normalized spacial score (nSPS) is 19.8. The summed E-state index contributed by atoms with van der Waals surface area (Å²) in [5.74, 6) is -1.07. The zero-order valence-corrected chi connectivity index (χ0v) is 17.2. The Labute approximate surface area is 166 Å². The number of hydrogen-bond acceptors (Lipinski definition) is 5. The molecule has 1 saturated heterocycles. The lowest BCUT2D eigenvalue weighted by Crippen LogP contribution is -2.51. The van der Waals surface area contributed by atoms with Gasteiger partial charge in [-0.15, -0.1) is 0 Å². The Morgan fingerprint density at radius 1 is 1.29 bits per heavy atom. The molecule has 2 N–H and O–H groups in total. The fourth-order valence-electron chi connectivity index (χ4n) is 3.65. The van der Waals surface area contributed by atoms with Gasteiger partial charge in [0.05, 0.1) is 0 Å². The van der Waals surface area contributed by atoms with Gasteiger partial charge in [0, 0.05) is 13.1 Å². The minimum Gasteiger partial charge on any atom is -0.458 e. The zero-order chi connectivity index (χ0) is 20.7. The highest BCUT2D eigenvalue weighted by molar-refractivity contribution is 5.87. The summed E-state index contributed by atoms with van der Waals surface area (Å²) in [7, 11) is 0. The summed E-state index contributed by atoms with van der Waals surface area (Å²) in [6.07, 6.45) is 8.54. The average Bonchev–Trinajstić information content (AvgIpc) is 3.13. The van der Waals surface area contributed by atoms with Crippen molar-refractivity contribution in [3.05, 3.63) is 11.6 Å². The largest absolute Gasteiger partial charge is 0.458 e. The molecular formula is C20H33N3O5. The number of allylic oxidation sites excluding steroid dienone is 1. The molecule has 8 heteroatoms. The number of hydrogen-bond donors (Lipinski definition) is 2. The number of carbonyl (C=O) groups is 3. The van der Waals surface area contributed by atoms with E-state index < -0.39 is 23.5 Å². The Bertz CT molecular complexity index is 611. The standard InChI is InChI=1S/C20H33N3O5/c1-20(2,3)28-18(25)16-10-7-12-23(16)19(26)22(14-17(24)21-27)13-11-15-8-5-4-6-9-15/h8,16,27H,4-7,9-14H2,1-3H3,(H,21,24)/t16-/m0/s1. The molecule has 0 spiro atoms. The molecule has 158 valence electrons. The highest BCUT2D eigenvalue weighted by Gasteiger charge is 2.39. The Hall–Kier alpha value is -2.09. The molecule has 8 nitrogen and oxygen atoms in total. The SMILES string of the molecule is CC(C)(C)OC(=O)[C@@H]1CCCN1C(=O)N(CCC1=CCCCC1)CC(=O)NO. The van der Waals surface area contributed by atoms with E-state index in [4.69, 9.17) is 9.94 Å². The highest BCUT2D eigenvalue weighted by atomic mass is 16.6. The minimum atomic E-state index is -0.654. The topological polar surface area (TPSA) is 99.2 Å². The number of hydroxylamine groups is 1. The first-order valence-electron chi connectivity index (χ1n) is 10.1. The number of amides is 3. The van der Waals surface area contributed by atoms with Crippen molar-refractivity contribution in [1.82, 2.24) is 15.3 Å². The number of likely N-dealkylation sites (tertiary alicyclic amines) is 1. The van der Waals surface area contributed by atoms with Gasteiger partial charge >= 0.3 is 12.0 Å². The van der Waals surface area contributed by atoms with Crippen LogP contribution >= 0.6 is 0 Å². The van der Waals surface area contributed by atoms with Crippen molar-refractivity contribution in [2.24, 2.45) is 0 Å². The molecule has 0 aromatic rings. The quantitative estimate of drug-likeness (QED) is 0.312. The van der Waals surface area contributed by atoms with Gasteiger partial charge in [0.25, 0.3) is 5.91 Å². The molecule has 2 rings (SSSR count). The summed E-state index contributed by atoms with van der Waals surface area (Å²) >= 11 is 0. The van der Waals surface area contributed by atoms with E-state index in [1.165, 1.54) is 21.8 Å². The van der Waals surface area contributed by atoms with Gasteiger partial charge in [0.15, 0.2) is 0 Å². The summed E-state index contributed by atoms with van der Waals surface area (Å²) in [6, 6.07) is -1.01. The van der Waals surface area contributed by atoms with E-state index in [0.717, 1.165) is 19.3 Å². The van der Waals surface area contributed by atoms with Crippen molar-refractivity contribution in [2.75, 3.05) is 19.6 Å². The second kappa shape index (κ2) is 9.91. The molecule has 1 aliphatic heterocycles. The molecule has 0 radical (unpaired) electrons. The Balaban J connectivity index is 2.07. The van der Waals surface area contributed by atoms with E-state index in [1.807, 2.05) is 0 Å². The number of ether oxygens (including phenoxy) is 1. The molecule has 0 aromatic heterocycles. The predicted molar refractivity (Wildman–Crippen MR) is 104 cm³/mol. The van der Waals surface area contributed by atoms with Crippen LogP contribution in [0.5, 0.6) is 0 Å². The lowest BCUT2D eigenvalue weighted by molar-refractivity contribution is -0.159. The smallest absolute Gasteiger partial charge is 0.329 e. The van der Waals surface area contributed by atoms with Crippen molar-refractivity contribution >= 4 is 17.9 Å². The Morgan fingerprint density at radius 2 is 2.04 bits per heavy atom. The monoisotopic (exact) mass is 395 g/mol. The maximum Gasteiger partial charge on any atom is 0.329 e. The van der Waals surface area contributed by atoms with Gasteiger partial charge in [-0.05, 0) is 65.7 Å². The van der Waals surface area contributed by atoms with E-state index in [2.05, 4.69) is 6.08 Å². The number of rotatable bonds is 6. The molecule has 1 aliphatic carbocycles. The summed E-state index contributed by atoms with van der Waals surface area (Å²) in [6.45, 7) is 5.95. The maximum atomic E-state index is 13.1. The van der Waals surface area contributed by atoms with Gasteiger partial charge in [-0.3, -0.25) is 10.0 Å². The highest BCUT2D eigenvalue weighted by Crippen LogP contribution is 2.24. The van der Waals surface area contributed by atoms with Crippen molar-refractivity contribution in [3.63, 3.8) is 0 Å². The first-order chi connectivity index (χ1) is 13.2. The lowest BCUT2D eigenvalue weighted by atomic mass is 9.97. The molecule has 0 aromatic carbocycles. The second-order valence-corrected chi connectivity index (χ2v) is 8.48. The Kier molecular flexibility index (Phi) is 7.86.